The van der Waals surface area contributed by atoms with Crippen molar-refractivity contribution < 1.29 is 61.8 Å². The van der Waals surface area contributed by atoms with Gasteiger partial charge in [0.15, 0.2) is 5.76 Å². The van der Waals surface area contributed by atoms with E-state index in [9.17, 15) is 33.6 Å². The second kappa shape index (κ2) is 28.9. The number of amides is 4. The molecule has 4 amide bonds. The summed E-state index contributed by atoms with van der Waals surface area (Å²) in [7, 11) is 0. The number of allylic oxidation sites excluding steroid dienone is 1. The number of nitrogens with zero attached hydrogens (tertiary/aromatic N) is 1. The molecular formula is C49H64N4O13. The highest BCUT2D eigenvalue weighted by Crippen LogP contribution is 2.30. The van der Waals surface area contributed by atoms with Gasteiger partial charge in [-0.2, -0.15) is 0 Å². The summed E-state index contributed by atoms with van der Waals surface area (Å²) in [6.45, 7) is 13.9. The first kappa shape index (κ1) is 53.6. The third-order valence-corrected chi connectivity index (χ3v) is 10.1. The van der Waals surface area contributed by atoms with Crippen molar-refractivity contribution in [3.8, 4) is 17.1 Å². The van der Waals surface area contributed by atoms with Crippen molar-refractivity contribution in [2.75, 3.05) is 26.7 Å². The van der Waals surface area contributed by atoms with Crippen molar-refractivity contribution in [3.05, 3.63) is 102 Å². The van der Waals surface area contributed by atoms with Gasteiger partial charge in [0.25, 0.3) is 11.8 Å². The van der Waals surface area contributed by atoms with E-state index >= 15 is 0 Å². The molecule has 3 N–H and O–H groups in total. The molecule has 0 saturated heterocycles. The summed E-state index contributed by atoms with van der Waals surface area (Å²) in [5, 5.41) is 9.12. The predicted octanol–water partition coefficient (Wildman–Crippen LogP) is 6.97. The molecule has 0 aliphatic rings. The number of hydroxylamine groups is 2. The smallest absolute Gasteiger partial charge is 0.332 e. The number of carbonyl (C=O) groups is 7. The predicted molar refractivity (Wildman–Crippen MR) is 244 cm³/mol. The van der Waals surface area contributed by atoms with Gasteiger partial charge in [-0.1, -0.05) is 109 Å². The molecule has 1 heterocycles. The molecule has 0 radical (unpaired) electrons. The lowest BCUT2D eigenvalue weighted by Gasteiger charge is -2.32. The highest BCUT2D eigenvalue weighted by Gasteiger charge is 2.32. The molecule has 3 aromatic rings. The standard InChI is InChI=1S/C49H64N4O13/c1-8-13-15-21-37(40(11-4)53(31-54)65-29-34(10-3)18-9-2)45(56)50-30-51-47(58)42-25-24-41(66-42)36-22-23-38(43(26-36)61-12-5)46(57)52-39(49(60)64-32-63-48(59)33(6)7)27-44(55)62-28-35-19-16-14-17-20-35/h10,14,16-20,22-26,31,33,37,39-40H,3,8-9,11-13,15,21,27-30,32H2,1-2,4-7H3,(H,50,56)(H,51,58)(H,52,57)/b34-18+/t37-,39+,40-/m1/s1. The number of hydrogen-bond acceptors (Lipinski definition) is 13. The van der Waals surface area contributed by atoms with E-state index in [0.717, 1.165) is 31.3 Å². The number of esters is 3. The number of ether oxygens (including phenoxy) is 4. The minimum atomic E-state index is -1.53. The molecule has 17 heteroatoms. The molecule has 0 saturated carbocycles. The third kappa shape index (κ3) is 17.3. The lowest BCUT2D eigenvalue weighted by atomic mass is 9.90. The van der Waals surface area contributed by atoms with E-state index in [4.69, 9.17) is 28.2 Å². The highest BCUT2D eigenvalue weighted by atomic mass is 16.7. The van der Waals surface area contributed by atoms with Crippen molar-refractivity contribution >= 4 is 42.0 Å². The van der Waals surface area contributed by atoms with Gasteiger partial charge in [0.1, 0.15) is 24.2 Å². The monoisotopic (exact) mass is 916 g/mol. The van der Waals surface area contributed by atoms with E-state index < -0.39 is 66.9 Å². The van der Waals surface area contributed by atoms with Crippen LogP contribution in [0.4, 0.5) is 0 Å². The highest BCUT2D eigenvalue weighted by molar-refractivity contribution is 6.00. The number of carbonyl (C=O) groups excluding carboxylic acids is 7. The van der Waals surface area contributed by atoms with Crippen LogP contribution < -0.4 is 20.7 Å². The van der Waals surface area contributed by atoms with Crippen LogP contribution in [0, 0.1) is 11.8 Å². The summed E-state index contributed by atoms with van der Waals surface area (Å²) >= 11 is 0. The van der Waals surface area contributed by atoms with E-state index in [1.807, 2.05) is 26.0 Å². The molecule has 17 nitrogen and oxygen atoms in total. The van der Waals surface area contributed by atoms with E-state index in [1.54, 1.807) is 63.2 Å². The average molecular weight is 917 g/mol. The topological polar surface area (TPSA) is 218 Å². The van der Waals surface area contributed by atoms with Gasteiger partial charge in [0, 0.05) is 5.56 Å². The lowest BCUT2D eigenvalue weighted by molar-refractivity contribution is -0.190. The molecular weight excluding hydrogens is 853 g/mol. The maximum atomic E-state index is 13.7. The zero-order chi connectivity index (χ0) is 48.4. The zero-order valence-electron chi connectivity index (χ0n) is 38.8. The van der Waals surface area contributed by atoms with E-state index in [1.165, 1.54) is 23.3 Å². The fourth-order valence-corrected chi connectivity index (χ4v) is 6.56. The first-order valence-electron chi connectivity index (χ1n) is 22.2. The van der Waals surface area contributed by atoms with Crippen molar-refractivity contribution in [1.82, 2.24) is 21.0 Å². The second-order valence-electron chi connectivity index (χ2n) is 15.3. The lowest BCUT2D eigenvalue weighted by Crippen LogP contribution is -2.48. The Hall–Kier alpha value is -6.75. The molecule has 3 atom stereocenters. The Morgan fingerprint density at radius 2 is 1.61 bits per heavy atom. The van der Waals surface area contributed by atoms with E-state index in [2.05, 4.69) is 29.5 Å². The van der Waals surface area contributed by atoms with Crippen LogP contribution in [0.15, 0.2) is 89.4 Å². The third-order valence-electron chi connectivity index (χ3n) is 10.1. The van der Waals surface area contributed by atoms with Gasteiger partial charge in [-0.3, -0.25) is 33.6 Å². The number of unbranched alkanes of at least 4 members (excludes halogenated alkanes) is 2. The molecule has 2 aromatic carbocycles. The van der Waals surface area contributed by atoms with E-state index in [0.29, 0.717) is 30.4 Å². The number of hydrogen-bond donors (Lipinski definition) is 3. The minimum Gasteiger partial charge on any atom is -0.493 e. The van der Waals surface area contributed by atoms with Crippen LogP contribution in [0.2, 0.25) is 0 Å². The number of rotatable bonds is 30. The van der Waals surface area contributed by atoms with Gasteiger partial charge in [-0.15, -0.1) is 0 Å². The average Bonchev–Trinajstić information content (AvgIpc) is 3.82. The Balaban J connectivity index is 1.72. The molecule has 358 valence electrons. The Labute approximate surface area is 386 Å². The maximum absolute atomic E-state index is 13.7. The van der Waals surface area contributed by atoms with Gasteiger partial charge in [0.2, 0.25) is 19.1 Å². The van der Waals surface area contributed by atoms with Gasteiger partial charge in [-0.05, 0) is 61.6 Å². The van der Waals surface area contributed by atoms with Crippen LogP contribution in [-0.4, -0.2) is 85.9 Å². The molecule has 0 unspecified atom stereocenters. The van der Waals surface area contributed by atoms with E-state index in [-0.39, 0.29) is 55.2 Å². The van der Waals surface area contributed by atoms with Crippen LogP contribution >= 0.6 is 0 Å². The van der Waals surface area contributed by atoms with Crippen LogP contribution in [0.3, 0.4) is 0 Å². The maximum Gasteiger partial charge on any atom is 0.332 e. The summed E-state index contributed by atoms with van der Waals surface area (Å²) in [4.78, 5) is 96.4. The largest absolute Gasteiger partial charge is 0.493 e. The van der Waals surface area contributed by atoms with Crippen LogP contribution in [0.1, 0.15) is 113 Å². The SMILES string of the molecule is C=C/C(=C\CC)CON(C=O)[C@H](CC)[C@@H](CCCCC)C(=O)NCNC(=O)c1ccc(-c2ccc(C(=O)N[C@@H](CC(=O)OCc3ccccc3)C(=O)OCOC(=O)C(C)C)c(OCC)c2)o1. The van der Waals surface area contributed by atoms with Crippen molar-refractivity contribution in [1.29, 1.82) is 0 Å². The zero-order valence-corrected chi connectivity index (χ0v) is 38.8. The fourth-order valence-electron chi connectivity index (χ4n) is 6.56. The summed E-state index contributed by atoms with van der Waals surface area (Å²) in [5.41, 5.74) is 1.96. The van der Waals surface area contributed by atoms with Crippen LogP contribution in [0.25, 0.3) is 11.3 Å². The van der Waals surface area contributed by atoms with Crippen LogP contribution in [0.5, 0.6) is 5.75 Å². The van der Waals surface area contributed by atoms with Gasteiger partial charge < -0.3 is 39.3 Å². The number of furan rings is 1. The minimum absolute atomic E-state index is 0.00136. The Kier molecular flexibility index (Phi) is 23.5. The normalized spacial score (nSPS) is 12.5. The summed E-state index contributed by atoms with van der Waals surface area (Å²) in [6.07, 6.45) is 7.89. The Bertz CT molecular complexity index is 2100. The number of benzene rings is 2. The molecule has 0 fully saturated rings. The second-order valence-corrected chi connectivity index (χ2v) is 15.3. The summed E-state index contributed by atoms with van der Waals surface area (Å²) in [6, 6.07) is 14.3. The molecule has 3 rings (SSSR count). The quantitative estimate of drug-likeness (QED) is 0.0154. The van der Waals surface area contributed by atoms with Crippen molar-refractivity contribution in [2.24, 2.45) is 11.8 Å². The fraction of sp³-hybridized carbons (Fsp3) is 0.449. The molecule has 0 aliphatic heterocycles. The Morgan fingerprint density at radius 1 is 0.864 bits per heavy atom. The molecule has 0 bridgehead atoms. The molecule has 66 heavy (non-hydrogen) atoms. The molecule has 1 aromatic heterocycles. The summed E-state index contributed by atoms with van der Waals surface area (Å²) in [5.74, 6) is -5.05. The molecule has 0 spiro atoms. The van der Waals surface area contributed by atoms with Crippen molar-refractivity contribution in [2.45, 2.75) is 105 Å². The van der Waals surface area contributed by atoms with Crippen molar-refractivity contribution in [3.63, 3.8) is 0 Å². The first-order chi connectivity index (χ1) is 31.8. The Morgan fingerprint density at radius 3 is 2.26 bits per heavy atom. The first-order valence-corrected chi connectivity index (χ1v) is 22.2. The summed E-state index contributed by atoms with van der Waals surface area (Å²) < 4.78 is 27.0. The molecule has 0 aliphatic carbocycles. The van der Waals surface area contributed by atoms with Gasteiger partial charge in [-0.25, -0.2) is 9.86 Å². The van der Waals surface area contributed by atoms with Gasteiger partial charge in [0.05, 0.1) is 49.7 Å². The number of nitrogens with one attached hydrogen (secondary N) is 3. The van der Waals surface area contributed by atoms with Gasteiger partial charge >= 0.3 is 17.9 Å². The van der Waals surface area contributed by atoms with Crippen LogP contribution in [-0.2, 0) is 49.6 Å².